The second-order valence-corrected chi connectivity index (χ2v) is 7.20. The number of rotatable bonds is 6. The molecule has 1 N–H and O–H groups in total. The molecule has 20 heavy (non-hydrogen) atoms. The van der Waals surface area contributed by atoms with Gasteiger partial charge in [-0.2, -0.15) is 0 Å². The zero-order chi connectivity index (χ0) is 14.6. The largest absolute Gasteiger partial charge is 0.468 e. The molecule has 0 aromatic carbocycles. The summed E-state index contributed by atoms with van der Waals surface area (Å²) in [6.45, 7) is 13.2. The summed E-state index contributed by atoms with van der Waals surface area (Å²) in [5.74, 6) is 2.00. The number of nitrogens with one attached hydrogen (secondary N) is 1. The molecule has 1 aromatic heterocycles. The molecular weight excluding hydrogens is 248 g/mol. The molecule has 1 atom stereocenters. The second kappa shape index (κ2) is 6.77. The maximum atomic E-state index is 5.71. The van der Waals surface area contributed by atoms with Crippen molar-refractivity contribution < 1.29 is 4.42 Å². The summed E-state index contributed by atoms with van der Waals surface area (Å²) in [4.78, 5) is 2.53. The minimum absolute atomic E-state index is 0.153. The summed E-state index contributed by atoms with van der Waals surface area (Å²) in [5, 5.41) is 3.50. The Labute approximate surface area is 123 Å². The Morgan fingerprint density at radius 1 is 1.40 bits per heavy atom. The van der Waals surface area contributed by atoms with Gasteiger partial charge in [0.05, 0.1) is 12.8 Å². The van der Waals surface area contributed by atoms with Gasteiger partial charge in [0, 0.05) is 24.2 Å². The Morgan fingerprint density at radius 3 is 2.90 bits per heavy atom. The fraction of sp³-hybridized carbons (Fsp3) is 0.765. The standard InChI is InChI=1S/C17H30N2O/c1-5-6-14-7-8-19(11-14)12-16-9-15(13-20-16)10-18-17(2,3)4/h9,13-14,18H,5-8,10-12H2,1-4H3. The summed E-state index contributed by atoms with van der Waals surface area (Å²) in [6, 6.07) is 2.20. The van der Waals surface area contributed by atoms with Crippen LogP contribution >= 0.6 is 0 Å². The van der Waals surface area contributed by atoms with Crippen LogP contribution in [0.15, 0.2) is 16.7 Å². The van der Waals surface area contributed by atoms with Crippen LogP contribution in [0.25, 0.3) is 0 Å². The molecule has 1 aliphatic rings. The first-order chi connectivity index (χ1) is 9.46. The maximum Gasteiger partial charge on any atom is 0.118 e. The summed E-state index contributed by atoms with van der Waals surface area (Å²) >= 11 is 0. The summed E-state index contributed by atoms with van der Waals surface area (Å²) in [5.41, 5.74) is 1.40. The molecule has 3 nitrogen and oxygen atoms in total. The fourth-order valence-electron chi connectivity index (χ4n) is 2.89. The lowest BCUT2D eigenvalue weighted by atomic mass is 10.0. The lowest BCUT2D eigenvalue weighted by molar-refractivity contribution is 0.284. The van der Waals surface area contributed by atoms with Crippen LogP contribution < -0.4 is 5.32 Å². The molecule has 0 bridgehead atoms. The highest BCUT2D eigenvalue weighted by Gasteiger charge is 2.22. The van der Waals surface area contributed by atoms with Gasteiger partial charge in [-0.1, -0.05) is 13.3 Å². The van der Waals surface area contributed by atoms with Crippen molar-refractivity contribution in [3.8, 4) is 0 Å². The highest BCUT2D eigenvalue weighted by Crippen LogP contribution is 2.23. The SMILES string of the molecule is CCCC1CCN(Cc2cc(CNC(C)(C)C)co2)C1. The van der Waals surface area contributed by atoms with Gasteiger partial charge in [0.2, 0.25) is 0 Å². The van der Waals surface area contributed by atoms with Crippen molar-refractivity contribution in [1.82, 2.24) is 10.2 Å². The molecule has 1 saturated heterocycles. The Balaban J connectivity index is 1.78. The maximum absolute atomic E-state index is 5.71. The van der Waals surface area contributed by atoms with Gasteiger partial charge in [0.1, 0.15) is 5.76 Å². The predicted molar refractivity (Wildman–Crippen MR) is 83.6 cm³/mol. The molecule has 0 aliphatic carbocycles. The van der Waals surface area contributed by atoms with Gasteiger partial charge in [-0.05, 0) is 52.1 Å². The molecule has 2 heterocycles. The average Bonchev–Trinajstić information content (AvgIpc) is 2.97. The van der Waals surface area contributed by atoms with E-state index in [-0.39, 0.29) is 5.54 Å². The smallest absolute Gasteiger partial charge is 0.118 e. The van der Waals surface area contributed by atoms with Crippen LogP contribution in [0.1, 0.15) is 58.3 Å². The van der Waals surface area contributed by atoms with Crippen LogP contribution in [0.5, 0.6) is 0 Å². The van der Waals surface area contributed by atoms with Crippen molar-refractivity contribution in [1.29, 1.82) is 0 Å². The number of nitrogens with zero attached hydrogens (tertiary/aromatic N) is 1. The van der Waals surface area contributed by atoms with Crippen LogP contribution in [0.3, 0.4) is 0 Å². The molecular formula is C17H30N2O. The monoisotopic (exact) mass is 278 g/mol. The van der Waals surface area contributed by atoms with E-state index in [1.54, 1.807) is 0 Å². The highest BCUT2D eigenvalue weighted by molar-refractivity contribution is 5.13. The third-order valence-electron chi connectivity index (χ3n) is 3.98. The molecule has 1 aliphatic heterocycles. The molecule has 1 aromatic rings. The first-order valence-electron chi connectivity index (χ1n) is 8.00. The summed E-state index contributed by atoms with van der Waals surface area (Å²) in [6.07, 6.45) is 5.93. The number of hydrogen-bond acceptors (Lipinski definition) is 3. The summed E-state index contributed by atoms with van der Waals surface area (Å²) < 4.78 is 5.71. The first-order valence-corrected chi connectivity index (χ1v) is 8.00. The van der Waals surface area contributed by atoms with Crippen molar-refractivity contribution in [2.45, 2.75) is 65.6 Å². The minimum atomic E-state index is 0.153. The third kappa shape index (κ3) is 4.95. The van der Waals surface area contributed by atoms with Crippen LogP contribution in [-0.4, -0.2) is 23.5 Å². The number of hydrogen-bond donors (Lipinski definition) is 1. The molecule has 114 valence electrons. The third-order valence-corrected chi connectivity index (χ3v) is 3.98. The average molecular weight is 278 g/mol. The topological polar surface area (TPSA) is 28.4 Å². The van der Waals surface area contributed by atoms with Gasteiger partial charge >= 0.3 is 0 Å². The molecule has 2 rings (SSSR count). The zero-order valence-electron chi connectivity index (χ0n) is 13.5. The van der Waals surface area contributed by atoms with Crippen molar-refractivity contribution in [2.75, 3.05) is 13.1 Å². The molecule has 1 fully saturated rings. The van der Waals surface area contributed by atoms with E-state index < -0.39 is 0 Å². The van der Waals surface area contributed by atoms with Crippen molar-refractivity contribution >= 4 is 0 Å². The zero-order valence-corrected chi connectivity index (χ0v) is 13.5. The number of likely N-dealkylation sites (tertiary alicyclic amines) is 1. The van der Waals surface area contributed by atoms with Crippen molar-refractivity contribution in [2.24, 2.45) is 5.92 Å². The molecule has 0 amide bonds. The lowest BCUT2D eigenvalue weighted by Gasteiger charge is -2.19. The van der Waals surface area contributed by atoms with Crippen LogP contribution in [-0.2, 0) is 13.1 Å². The predicted octanol–water partition coefficient (Wildman–Crippen LogP) is 3.79. The summed E-state index contributed by atoms with van der Waals surface area (Å²) in [7, 11) is 0. The molecule has 0 saturated carbocycles. The van der Waals surface area contributed by atoms with Gasteiger partial charge < -0.3 is 9.73 Å². The van der Waals surface area contributed by atoms with Gasteiger partial charge in [-0.15, -0.1) is 0 Å². The van der Waals surface area contributed by atoms with Crippen LogP contribution in [0, 0.1) is 5.92 Å². The van der Waals surface area contributed by atoms with Gasteiger partial charge in [-0.25, -0.2) is 0 Å². The molecule has 3 heteroatoms. The van der Waals surface area contributed by atoms with Gasteiger partial charge in [-0.3, -0.25) is 4.90 Å². The van der Waals surface area contributed by atoms with E-state index in [0.29, 0.717) is 0 Å². The van der Waals surface area contributed by atoms with E-state index in [9.17, 15) is 0 Å². The van der Waals surface area contributed by atoms with Gasteiger partial charge in [0.25, 0.3) is 0 Å². The van der Waals surface area contributed by atoms with Crippen molar-refractivity contribution in [3.63, 3.8) is 0 Å². The van der Waals surface area contributed by atoms with Crippen molar-refractivity contribution in [3.05, 3.63) is 23.7 Å². The Kier molecular flexibility index (Phi) is 5.28. The van der Waals surface area contributed by atoms with Crippen LogP contribution in [0.4, 0.5) is 0 Å². The van der Waals surface area contributed by atoms with E-state index in [2.05, 4.69) is 44.0 Å². The fourth-order valence-corrected chi connectivity index (χ4v) is 2.89. The Hall–Kier alpha value is -0.800. The van der Waals surface area contributed by atoms with Crippen LogP contribution in [0.2, 0.25) is 0 Å². The van der Waals surface area contributed by atoms with E-state index in [1.165, 1.54) is 37.9 Å². The Bertz CT molecular complexity index is 405. The quantitative estimate of drug-likeness (QED) is 0.858. The lowest BCUT2D eigenvalue weighted by Crippen LogP contribution is -2.34. The van der Waals surface area contributed by atoms with E-state index >= 15 is 0 Å². The van der Waals surface area contributed by atoms with E-state index in [1.807, 2.05) is 6.26 Å². The normalized spacial score (nSPS) is 20.7. The molecule has 0 radical (unpaired) electrons. The van der Waals surface area contributed by atoms with Gasteiger partial charge in [0.15, 0.2) is 0 Å². The second-order valence-electron chi connectivity index (χ2n) is 7.20. The number of furan rings is 1. The molecule has 0 spiro atoms. The Morgan fingerprint density at radius 2 is 2.20 bits per heavy atom. The first kappa shape index (κ1) is 15.6. The molecule has 1 unspecified atom stereocenters. The van der Waals surface area contributed by atoms with E-state index in [0.717, 1.165) is 24.8 Å². The highest BCUT2D eigenvalue weighted by atomic mass is 16.3. The minimum Gasteiger partial charge on any atom is -0.468 e. The van der Waals surface area contributed by atoms with E-state index in [4.69, 9.17) is 4.42 Å².